The fourth-order valence-electron chi connectivity index (χ4n) is 3.77. The predicted octanol–water partition coefficient (Wildman–Crippen LogP) is 2.41. The normalized spacial score (nSPS) is 21.8. The standard InChI is InChI=1S/C18H27N3O2/c1-12-13(2)16(19-14(12)3)18(23)21-10-6-7-15(11-21)17(22)20-8-4-5-9-20/h15,19H,4-11H2,1-3H3/t15-/m1/s1. The van der Waals surface area contributed by atoms with Crippen LogP contribution in [0, 0.1) is 26.7 Å². The topological polar surface area (TPSA) is 56.4 Å². The monoisotopic (exact) mass is 317 g/mol. The first kappa shape index (κ1) is 16.1. The summed E-state index contributed by atoms with van der Waals surface area (Å²) in [6.45, 7) is 9.10. The van der Waals surface area contributed by atoms with Gasteiger partial charge >= 0.3 is 0 Å². The second-order valence-electron chi connectivity index (χ2n) is 7.00. The summed E-state index contributed by atoms with van der Waals surface area (Å²) >= 11 is 0. The molecule has 0 spiro atoms. The molecule has 2 aliphatic heterocycles. The van der Waals surface area contributed by atoms with E-state index in [9.17, 15) is 9.59 Å². The molecular weight excluding hydrogens is 290 g/mol. The third-order valence-corrected chi connectivity index (χ3v) is 5.50. The number of carbonyl (C=O) groups is 2. The average Bonchev–Trinajstić information content (AvgIpc) is 3.18. The first-order valence-electron chi connectivity index (χ1n) is 8.73. The Labute approximate surface area is 138 Å². The summed E-state index contributed by atoms with van der Waals surface area (Å²) in [5.74, 6) is 0.261. The Bertz CT molecular complexity index is 614. The summed E-state index contributed by atoms with van der Waals surface area (Å²) in [6, 6.07) is 0. The summed E-state index contributed by atoms with van der Waals surface area (Å²) in [4.78, 5) is 32.5. The summed E-state index contributed by atoms with van der Waals surface area (Å²) in [7, 11) is 0. The van der Waals surface area contributed by atoms with E-state index in [0.29, 0.717) is 12.2 Å². The van der Waals surface area contributed by atoms with Crippen LogP contribution in [0.2, 0.25) is 0 Å². The number of aromatic amines is 1. The van der Waals surface area contributed by atoms with Gasteiger partial charge in [-0.05, 0) is 57.6 Å². The number of carbonyl (C=O) groups excluding carboxylic acids is 2. The van der Waals surface area contributed by atoms with Gasteiger partial charge in [0.25, 0.3) is 5.91 Å². The number of hydrogen-bond acceptors (Lipinski definition) is 2. The van der Waals surface area contributed by atoms with Crippen LogP contribution in [0.25, 0.3) is 0 Å². The molecule has 0 radical (unpaired) electrons. The third kappa shape index (κ3) is 3.01. The van der Waals surface area contributed by atoms with Crippen molar-refractivity contribution in [1.82, 2.24) is 14.8 Å². The van der Waals surface area contributed by atoms with Crippen LogP contribution in [0.1, 0.15) is 53.0 Å². The number of nitrogens with zero attached hydrogens (tertiary/aromatic N) is 2. The van der Waals surface area contributed by atoms with E-state index >= 15 is 0 Å². The first-order valence-corrected chi connectivity index (χ1v) is 8.73. The Balaban J connectivity index is 1.71. The molecule has 1 N–H and O–H groups in total. The SMILES string of the molecule is Cc1[nH]c(C(=O)N2CCC[C@@H](C(=O)N3CCCC3)C2)c(C)c1C. The number of H-pyrrole nitrogens is 1. The van der Waals surface area contributed by atoms with E-state index < -0.39 is 0 Å². The van der Waals surface area contributed by atoms with Crippen LogP contribution in [0.3, 0.4) is 0 Å². The van der Waals surface area contributed by atoms with Gasteiger partial charge in [0.1, 0.15) is 5.69 Å². The van der Waals surface area contributed by atoms with E-state index in [1.54, 1.807) is 0 Å². The molecule has 0 unspecified atom stereocenters. The van der Waals surface area contributed by atoms with Crippen molar-refractivity contribution in [3.8, 4) is 0 Å². The Morgan fingerprint density at radius 3 is 2.22 bits per heavy atom. The minimum absolute atomic E-state index is 0.0248. The fourth-order valence-corrected chi connectivity index (χ4v) is 3.77. The largest absolute Gasteiger partial charge is 0.354 e. The number of hydrogen-bond donors (Lipinski definition) is 1. The maximum absolute atomic E-state index is 12.8. The van der Waals surface area contributed by atoms with Gasteiger partial charge in [-0.1, -0.05) is 0 Å². The lowest BCUT2D eigenvalue weighted by Crippen LogP contribution is -2.46. The molecule has 2 aliphatic rings. The molecule has 3 rings (SSSR count). The molecule has 0 bridgehead atoms. The molecule has 23 heavy (non-hydrogen) atoms. The van der Waals surface area contributed by atoms with Gasteiger partial charge in [0.2, 0.25) is 5.91 Å². The number of aromatic nitrogens is 1. The minimum Gasteiger partial charge on any atom is -0.354 e. The third-order valence-electron chi connectivity index (χ3n) is 5.50. The number of rotatable bonds is 2. The highest BCUT2D eigenvalue weighted by atomic mass is 16.2. The molecule has 1 atom stereocenters. The van der Waals surface area contributed by atoms with Crippen LogP contribution in [0.15, 0.2) is 0 Å². The van der Waals surface area contributed by atoms with Crippen LogP contribution >= 0.6 is 0 Å². The van der Waals surface area contributed by atoms with Crippen molar-refractivity contribution in [2.75, 3.05) is 26.2 Å². The van der Waals surface area contributed by atoms with Crippen molar-refractivity contribution in [3.05, 3.63) is 22.5 Å². The number of aryl methyl sites for hydroxylation is 1. The van der Waals surface area contributed by atoms with E-state index in [2.05, 4.69) is 4.98 Å². The van der Waals surface area contributed by atoms with Crippen molar-refractivity contribution in [2.24, 2.45) is 5.92 Å². The highest BCUT2D eigenvalue weighted by Crippen LogP contribution is 2.24. The molecule has 5 heteroatoms. The summed E-state index contributed by atoms with van der Waals surface area (Å²) in [5.41, 5.74) is 3.91. The van der Waals surface area contributed by atoms with Crippen molar-refractivity contribution < 1.29 is 9.59 Å². The zero-order valence-corrected chi connectivity index (χ0v) is 14.4. The van der Waals surface area contributed by atoms with Crippen LogP contribution in [-0.4, -0.2) is 52.8 Å². The van der Waals surface area contributed by atoms with Gasteiger partial charge in [-0.15, -0.1) is 0 Å². The van der Waals surface area contributed by atoms with E-state index in [1.165, 1.54) is 0 Å². The molecule has 3 heterocycles. The van der Waals surface area contributed by atoms with Gasteiger partial charge < -0.3 is 14.8 Å². The first-order chi connectivity index (χ1) is 11.0. The number of amides is 2. The Hall–Kier alpha value is -1.78. The average molecular weight is 317 g/mol. The van der Waals surface area contributed by atoms with Crippen molar-refractivity contribution in [3.63, 3.8) is 0 Å². The Kier molecular flexibility index (Phi) is 4.46. The lowest BCUT2D eigenvalue weighted by atomic mass is 9.96. The summed E-state index contributed by atoms with van der Waals surface area (Å²) in [6.07, 6.45) is 4.04. The van der Waals surface area contributed by atoms with Crippen LogP contribution in [0.4, 0.5) is 0 Å². The molecule has 0 aromatic carbocycles. The van der Waals surface area contributed by atoms with Gasteiger partial charge in [0.05, 0.1) is 5.92 Å². The van der Waals surface area contributed by atoms with E-state index in [0.717, 1.165) is 62.1 Å². The molecule has 0 saturated carbocycles. The van der Waals surface area contributed by atoms with Crippen molar-refractivity contribution in [1.29, 1.82) is 0 Å². The highest BCUT2D eigenvalue weighted by Gasteiger charge is 2.33. The van der Waals surface area contributed by atoms with Gasteiger partial charge in [-0.2, -0.15) is 0 Å². The summed E-state index contributed by atoms with van der Waals surface area (Å²) < 4.78 is 0. The molecule has 2 fully saturated rings. The lowest BCUT2D eigenvalue weighted by molar-refractivity contribution is -0.135. The molecule has 126 valence electrons. The highest BCUT2D eigenvalue weighted by molar-refractivity contribution is 5.95. The van der Waals surface area contributed by atoms with Gasteiger partial charge in [0, 0.05) is 31.9 Å². The van der Waals surface area contributed by atoms with Gasteiger partial charge in [0.15, 0.2) is 0 Å². The Morgan fingerprint density at radius 2 is 1.61 bits per heavy atom. The molecule has 2 amide bonds. The van der Waals surface area contributed by atoms with Gasteiger partial charge in [-0.25, -0.2) is 0 Å². The van der Waals surface area contributed by atoms with E-state index in [4.69, 9.17) is 0 Å². The molecule has 1 aromatic heterocycles. The molecule has 5 nitrogen and oxygen atoms in total. The maximum atomic E-state index is 12.8. The predicted molar refractivity (Wildman–Crippen MR) is 89.4 cm³/mol. The Morgan fingerprint density at radius 1 is 0.957 bits per heavy atom. The van der Waals surface area contributed by atoms with E-state index in [1.807, 2.05) is 30.6 Å². The van der Waals surface area contributed by atoms with Crippen LogP contribution in [-0.2, 0) is 4.79 Å². The number of nitrogens with one attached hydrogen (secondary N) is 1. The zero-order valence-electron chi connectivity index (χ0n) is 14.4. The quantitative estimate of drug-likeness (QED) is 0.911. The van der Waals surface area contributed by atoms with Crippen molar-refractivity contribution in [2.45, 2.75) is 46.5 Å². The second-order valence-corrected chi connectivity index (χ2v) is 7.00. The fraction of sp³-hybridized carbons (Fsp3) is 0.667. The zero-order chi connectivity index (χ0) is 16.6. The number of likely N-dealkylation sites (tertiary alicyclic amines) is 2. The second kappa shape index (κ2) is 6.38. The molecule has 1 aromatic rings. The molecule has 0 aliphatic carbocycles. The van der Waals surface area contributed by atoms with Crippen molar-refractivity contribution >= 4 is 11.8 Å². The smallest absolute Gasteiger partial charge is 0.270 e. The molecular formula is C18H27N3O2. The number of piperidine rings is 1. The molecule has 2 saturated heterocycles. The minimum atomic E-state index is -0.0248. The summed E-state index contributed by atoms with van der Waals surface area (Å²) in [5, 5.41) is 0. The maximum Gasteiger partial charge on any atom is 0.270 e. The van der Waals surface area contributed by atoms with Crippen LogP contribution < -0.4 is 0 Å². The lowest BCUT2D eigenvalue weighted by Gasteiger charge is -2.33. The van der Waals surface area contributed by atoms with Crippen LogP contribution in [0.5, 0.6) is 0 Å². The van der Waals surface area contributed by atoms with E-state index in [-0.39, 0.29) is 17.7 Å². The van der Waals surface area contributed by atoms with Gasteiger partial charge in [-0.3, -0.25) is 9.59 Å².